The molecule has 6 nitrogen and oxygen atoms in total. The number of aromatic nitrogens is 2. The molecule has 2 aliphatic heterocycles. The third-order valence-electron chi connectivity index (χ3n) is 5.30. The van der Waals surface area contributed by atoms with Gasteiger partial charge in [-0.1, -0.05) is 23.7 Å². The predicted molar refractivity (Wildman–Crippen MR) is 98.3 cm³/mol. The summed E-state index contributed by atoms with van der Waals surface area (Å²) in [5.41, 5.74) is 1.59. The Hall–Kier alpha value is -2.18. The first kappa shape index (κ1) is 17.2. The van der Waals surface area contributed by atoms with Crippen LogP contribution in [0.1, 0.15) is 23.0 Å². The van der Waals surface area contributed by atoms with Crippen LogP contribution in [0.15, 0.2) is 36.5 Å². The number of carbonyl (C=O) groups excluding carboxylic acids is 2. The molecule has 0 saturated carbocycles. The van der Waals surface area contributed by atoms with Crippen LogP contribution in [0.25, 0.3) is 0 Å². The molecule has 136 valence electrons. The molecule has 1 aromatic carbocycles. The van der Waals surface area contributed by atoms with E-state index in [2.05, 4.69) is 22.1 Å². The van der Waals surface area contributed by atoms with E-state index in [0.717, 1.165) is 37.7 Å². The molecule has 26 heavy (non-hydrogen) atoms. The lowest BCUT2D eigenvalue weighted by Gasteiger charge is -2.21. The second kappa shape index (κ2) is 6.85. The van der Waals surface area contributed by atoms with Gasteiger partial charge >= 0.3 is 6.03 Å². The molecular formula is C19H21ClN4O2. The van der Waals surface area contributed by atoms with E-state index in [1.54, 1.807) is 12.3 Å². The van der Waals surface area contributed by atoms with Gasteiger partial charge in [0.05, 0.1) is 0 Å². The zero-order valence-corrected chi connectivity index (χ0v) is 15.4. The maximum Gasteiger partial charge on any atom is 0.344 e. The third kappa shape index (κ3) is 3.39. The molecule has 0 radical (unpaired) electrons. The molecule has 0 aliphatic carbocycles. The van der Waals surface area contributed by atoms with Gasteiger partial charge in [-0.2, -0.15) is 9.78 Å². The molecule has 0 spiro atoms. The molecule has 7 heteroatoms. The van der Waals surface area contributed by atoms with Crippen molar-refractivity contribution in [3.05, 3.63) is 52.8 Å². The molecule has 3 heterocycles. The van der Waals surface area contributed by atoms with Crippen molar-refractivity contribution in [2.45, 2.75) is 13.5 Å². The second-order valence-corrected chi connectivity index (χ2v) is 7.67. The van der Waals surface area contributed by atoms with E-state index in [1.165, 1.54) is 17.2 Å². The number of rotatable bonds is 3. The number of likely N-dealkylation sites (tertiary alicyclic amines) is 2. The molecule has 1 aromatic heterocycles. The molecular weight excluding hydrogens is 352 g/mol. The van der Waals surface area contributed by atoms with E-state index in [4.69, 9.17) is 11.6 Å². The molecule has 2 aliphatic rings. The van der Waals surface area contributed by atoms with Crippen LogP contribution in [0.4, 0.5) is 4.79 Å². The Morgan fingerprint density at radius 2 is 1.73 bits per heavy atom. The van der Waals surface area contributed by atoms with Gasteiger partial charge in [-0.3, -0.25) is 9.69 Å². The Bertz CT molecular complexity index is 818. The number of amides is 1. The van der Waals surface area contributed by atoms with E-state index >= 15 is 0 Å². The average Bonchev–Trinajstić information content (AvgIpc) is 3.30. The van der Waals surface area contributed by atoms with Crippen LogP contribution in [-0.2, 0) is 6.54 Å². The fraction of sp³-hybridized carbons (Fsp3) is 0.421. The maximum absolute atomic E-state index is 12.6. The van der Waals surface area contributed by atoms with Gasteiger partial charge in [-0.05, 0) is 35.6 Å². The Labute approximate surface area is 157 Å². The zero-order valence-electron chi connectivity index (χ0n) is 14.6. The minimum Gasteiger partial charge on any atom is -0.322 e. The lowest BCUT2D eigenvalue weighted by Crippen LogP contribution is -2.36. The Kier molecular flexibility index (Phi) is 4.54. The van der Waals surface area contributed by atoms with E-state index in [0.29, 0.717) is 17.5 Å². The lowest BCUT2D eigenvalue weighted by molar-refractivity contribution is 0.101. The summed E-state index contributed by atoms with van der Waals surface area (Å²) in [7, 11) is 0. The van der Waals surface area contributed by atoms with Crippen molar-refractivity contribution in [2.75, 3.05) is 26.2 Å². The van der Waals surface area contributed by atoms with Crippen molar-refractivity contribution in [1.82, 2.24) is 19.6 Å². The van der Waals surface area contributed by atoms with Crippen LogP contribution in [0, 0.1) is 11.8 Å². The molecule has 0 bridgehead atoms. The largest absolute Gasteiger partial charge is 0.344 e. The van der Waals surface area contributed by atoms with Crippen molar-refractivity contribution in [1.29, 1.82) is 0 Å². The highest BCUT2D eigenvalue weighted by atomic mass is 35.5. The number of hydrogen-bond donors (Lipinski definition) is 0. The Balaban J connectivity index is 1.34. The highest BCUT2D eigenvalue weighted by Crippen LogP contribution is 2.32. The lowest BCUT2D eigenvalue weighted by atomic mass is 10.0. The monoisotopic (exact) mass is 372 g/mol. The maximum atomic E-state index is 12.6. The normalized spacial score (nSPS) is 22.6. The number of Topliss-reactive ketones (excluding diaryl/α,β-unsaturated/α-hetero) is 1. The molecule has 0 N–H and O–H groups in total. The highest BCUT2D eigenvalue weighted by Gasteiger charge is 2.41. The van der Waals surface area contributed by atoms with E-state index in [1.807, 2.05) is 17.0 Å². The zero-order chi connectivity index (χ0) is 18.3. The molecule has 2 fully saturated rings. The van der Waals surface area contributed by atoms with Crippen molar-refractivity contribution in [3.63, 3.8) is 0 Å². The van der Waals surface area contributed by atoms with Gasteiger partial charge in [0.15, 0.2) is 5.78 Å². The molecule has 2 aromatic rings. The molecule has 2 unspecified atom stereocenters. The number of benzene rings is 1. The highest BCUT2D eigenvalue weighted by molar-refractivity contribution is 6.30. The van der Waals surface area contributed by atoms with Gasteiger partial charge in [0.1, 0.15) is 5.69 Å². The van der Waals surface area contributed by atoms with Crippen molar-refractivity contribution in [3.8, 4) is 0 Å². The standard InChI is InChI=1S/C19H21ClN4O2/c1-13(25)18-6-7-24(21-18)19(26)23-11-15-9-22(10-16(15)12-23)8-14-2-4-17(20)5-3-14/h2-7,15-16H,8-12H2,1H3. The smallest absolute Gasteiger partial charge is 0.322 e. The topological polar surface area (TPSA) is 58.4 Å². The first-order valence-corrected chi connectivity index (χ1v) is 9.20. The predicted octanol–water partition coefficient (Wildman–Crippen LogP) is 2.77. The summed E-state index contributed by atoms with van der Waals surface area (Å²) in [6, 6.07) is 9.43. The fourth-order valence-electron chi connectivity index (χ4n) is 3.99. The van der Waals surface area contributed by atoms with Crippen LogP contribution >= 0.6 is 11.6 Å². The van der Waals surface area contributed by atoms with Crippen LogP contribution < -0.4 is 0 Å². The Morgan fingerprint density at radius 1 is 1.08 bits per heavy atom. The number of fused-ring (bicyclic) bond motifs is 1. The number of ketones is 1. The number of carbonyl (C=O) groups is 2. The quantitative estimate of drug-likeness (QED) is 0.777. The number of hydrogen-bond acceptors (Lipinski definition) is 4. The SMILES string of the molecule is CC(=O)c1ccn(C(=O)N2CC3CN(Cc4ccc(Cl)cc4)CC3C2)n1. The van der Waals surface area contributed by atoms with Gasteiger partial charge in [-0.25, -0.2) is 4.79 Å². The molecule has 2 atom stereocenters. The number of nitrogens with zero attached hydrogens (tertiary/aromatic N) is 4. The van der Waals surface area contributed by atoms with Crippen LogP contribution in [-0.4, -0.2) is 57.6 Å². The van der Waals surface area contributed by atoms with Gasteiger partial charge in [0.2, 0.25) is 0 Å². The van der Waals surface area contributed by atoms with E-state index in [9.17, 15) is 9.59 Å². The third-order valence-corrected chi connectivity index (χ3v) is 5.55. The fourth-order valence-corrected chi connectivity index (χ4v) is 4.11. The van der Waals surface area contributed by atoms with Crippen LogP contribution in [0.5, 0.6) is 0 Å². The minimum atomic E-state index is -0.142. The Morgan fingerprint density at radius 3 is 2.31 bits per heavy atom. The summed E-state index contributed by atoms with van der Waals surface area (Å²) in [6.07, 6.45) is 1.57. The molecule has 1 amide bonds. The van der Waals surface area contributed by atoms with Crippen molar-refractivity contribution >= 4 is 23.4 Å². The first-order chi connectivity index (χ1) is 12.5. The van der Waals surface area contributed by atoms with Gasteiger partial charge in [0, 0.05) is 50.9 Å². The van der Waals surface area contributed by atoms with E-state index in [-0.39, 0.29) is 11.8 Å². The van der Waals surface area contributed by atoms with Gasteiger partial charge in [0.25, 0.3) is 0 Å². The van der Waals surface area contributed by atoms with Crippen molar-refractivity contribution < 1.29 is 9.59 Å². The van der Waals surface area contributed by atoms with Gasteiger partial charge in [-0.15, -0.1) is 0 Å². The van der Waals surface area contributed by atoms with Gasteiger partial charge < -0.3 is 4.90 Å². The summed E-state index contributed by atoms with van der Waals surface area (Å²) >= 11 is 5.94. The first-order valence-electron chi connectivity index (χ1n) is 8.82. The summed E-state index contributed by atoms with van der Waals surface area (Å²) < 4.78 is 1.28. The molecule has 4 rings (SSSR count). The minimum absolute atomic E-state index is 0.132. The van der Waals surface area contributed by atoms with Crippen molar-refractivity contribution in [2.24, 2.45) is 11.8 Å². The molecule has 2 saturated heterocycles. The summed E-state index contributed by atoms with van der Waals surface area (Å²) in [5, 5.41) is 4.84. The summed E-state index contributed by atoms with van der Waals surface area (Å²) in [6.45, 7) is 5.85. The summed E-state index contributed by atoms with van der Waals surface area (Å²) in [5.74, 6) is 0.857. The van der Waals surface area contributed by atoms with E-state index < -0.39 is 0 Å². The second-order valence-electron chi connectivity index (χ2n) is 7.23. The summed E-state index contributed by atoms with van der Waals surface area (Å²) in [4.78, 5) is 28.3. The number of halogens is 1. The van der Waals surface area contributed by atoms with Crippen LogP contribution in [0.2, 0.25) is 5.02 Å². The van der Waals surface area contributed by atoms with Crippen LogP contribution in [0.3, 0.4) is 0 Å². The average molecular weight is 373 g/mol.